The monoisotopic (exact) mass is 307 g/mol. The maximum Gasteiger partial charge on any atom is 0.419 e. The first kappa shape index (κ1) is 17.4. The highest BCUT2D eigenvalue weighted by atomic mass is 19.4. The maximum absolute atomic E-state index is 13.7. The average Bonchev–Trinajstić information content (AvgIpc) is 2.41. The van der Waals surface area contributed by atoms with Crippen molar-refractivity contribution in [3.05, 3.63) is 35.1 Å². The van der Waals surface area contributed by atoms with Gasteiger partial charge in [-0.3, -0.25) is 4.79 Å². The van der Waals surface area contributed by atoms with Crippen LogP contribution in [0, 0.1) is 5.82 Å². The van der Waals surface area contributed by atoms with Crippen LogP contribution in [0.1, 0.15) is 41.6 Å². The molecule has 1 rings (SSSR count). The summed E-state index contributed by atoms with van der Waals surface area (Å²) in [4.78, 5) is 11.7. The fraction of sp³-hybridized carbons (Fsp3) is 0.500. The Kier molecular flexibility index (Phi) is 6.61. The van der Waals surface area contributed by atoms with Crippen molar-refractivity contribution in [1.29, 1.82) is 0 Å². The van der Waals surface area contributed by atoms with Crippen LogP contribution < -0.4 is 5.32 Å². The van der Waals surface area contributed by atoms with Gasteiger partial charge in [-0.25, -0.2) is 4.39 Å². The molecule has 1 aromatic carbocycles. The van der Waals surface area contributed by atoms with Gasteiger partial charge in [0.25, 0.3) is 5.91 Å². The minimum Gasteiger partial charge on any atom is -0.396 e. The molecule has 118 valence electrons. The van der Waals surface area contributed by atoms with Crippen LogP contribution in [0.2, 0.25) is 0 Å². The largest absolute Gasteiger partial charge is 0.419 e. The lowest BCUT2D eigenvalue weighted by molar-refractivity contribution is -0.140. The van der Waals surface area contributed by atoms with Crippen molar-refractivity contribution in [2.75, 3.05) is 13.2 Å². The molecular formula is C14H17F4NO2. The van der Waals surface area contributed by atoms with Gasteiger partial charge in [0.1, 0.15) is 5.82 Å². The molecule has 1 amide bonds. The van der Waals surface area contributed by atoms with E-state index in [0.29, 0.717) is 18.9 Å². The molecule has 0 saturated carbocycles. The lowest BCUT2D eigenvalue weighted by Gasteiger charge is -2.11. The Hall–Kier alpha value is -1.63. The summed E-state index contributed by atoms with van der Waals surface area (Å²) in [5, 5.41) is 11.0. The van der Waals surface area contributed by atoms with Crippen LogP contribution in [0.3, 0.4) is 0 Å². The highest BCUT2D eigenvalue weighted by Crippen LogP contribution is 2.32. The number of carbonyl (C=O) groups is 1. The van der Waals surface area contributed by atoms with E-state index in [9.17, 15) is 22.4 Å². The van der Waals surface area contributed by atoms with Crippen molar-refractivity contribution in [2.45, 2.75) is 31.9 Å². The summed E-state index contributed by atoms with van der Waals surface area (Å²) in [6.45, 7) is 0.349. The number of aliphatic hydroxyl groups excluding tert-OH is 1. The first-order valence-electron chi connectivity index (χ1n) is 6.62. The minimum atomic E-state index is -4.83. The number of hydrogen-bond donors (Lipinski definition) is 2. The van der Waals surface area contributed by atoms with Gasteiger partial charge in [0.15, 0.2) is 0 Å². The van der Waals surface area contributed by atoms with Crippen LogP contribution in [0.4, 0.5) is 17.6 Å². The average molecular weight is 307 g/mol. The summed E-state index contributed by atoms with van der Waals surface area (Å²) in [6, 6.07) is 2.62. The van der Waals surface area contributed by atoms with Gasteiger partial charge in [-0.15, -0.1) is 0 Å². The number of halogens is 4. The summed E-state index contributed by atoms with van der Waals surface area (Å²) < 4.78 is 51.3. The summed E-state index contributed by atoms with van der Waals surface area (Å²) in [5.74, 6) is -2.41. The van der Waals surface area contributed by atoms with Gasteiger partial charge < -0.3 is 10.4 Å². The molecular weight excluding hydrogens is 290 g/mol. The number of hydrogen-bond acceptors (Lipinski definition) is 2. The maximum atomic E-state index is 13.7. The molecule has 0 aromatic heterocycles. The van der Waals surface area contributed by atoms with Gasteiger partial charge in [0.2, 0.25) is 0 Å². The van der Waals surface area contributed by atoms with E-state index in [1.807, 2.05) is 0 Å². The van der Waals surface area contributed by atoms with E-state index in [1.54, 1.807) is 0 Å². The number of unbranched alkanes of at least 4 members (excludes halogenated alkanes) is 3. The number of carbonyl (C=O) groups excluding carboxylic acids is 1. The number of amides is 1. The molecule has 0 radical (unpaired) electrons. The first-order chi connectivity index (χ1) is 9.88. The molecule has 0 aliphatic rings. The van der Waals surface area contributed by atoms with Crippen molar-refractivity contribution >= 4 is 5.91 Å². The molecule has 0 unspecified atom stereocenters. The fourth-order valence-corrected chi connectivity index (χ4v) is 1.81. The van der Waals surface area contributed by atoms with E-state index in [-0.39, 0.29) is 13.2 Å². The molecule has 0 aliphatic heterocycles. The second-order valence-corrected chi connectivity index (χ2v) is 4.56. The molecule has 0 saturated heterocycles. The summed E-state index contributed by atoms with van der Waals surface area (Å²) in [6.07, 6.45) is -1.98. The lowest BCUT2D eigenvalue weighted by atomic mass is 10.1. The molecule has 0 spiro atoms. The van der Waals surface area contributed by atoms with Crippen molar-refractivity contribution in [1.82, 2.24) is 5.32 Å². The van der Waals surface area contributed by atoms with Gasteiger partial charge in [-0.2, -0.15) is 13.2 Å². The Bertz CT molecular complexity index is 475. The summed E-state index contributed by atoms with van der Waals surface area (Å²) in [5.41, 5.74) is -2.06. The van der Waals surface area contributed by atoms with Gasteiger partial charge in [-0.1, -0.05) is 18.9 Å². The Morgan fingerprint density at radius 1 is 1.14 bits per heavy atom. The molecule has 0 heterocycles. The molecule has 1 aromatic rings. The second kappa shape index (κ2) is 7.97. The molecule has 21 heavy (non-hydrogen) atoms. The van der Waals surface area contributed by atoms with Crippen molar-refractivity contribution in [3.63, 3.8) is 0 Å². The smallest absolute Gasteiger partial charge is 0.396 e. The number of benzene rings is 1. The van der Waals surface area contributed by atoms with Crippen LogP contribution >= 0.6 is 0 Å². The van der Waals surface area contributed by atoms with E-state index >= 15 is 0 Å². The Morgan fingerprint density at radius 3 is 2.43 bits per heavy atom. The molecule has 0 aliphatic carbocycles. The Morgan fingerprint density at radius 2 is 1.81 bits per heavy atom. The zero-order chi connectivity index (χ0) is 15.9. The van der Waals surface area contributed by atoms with E-state index in [1.165, 1.54) is 0 Å². The van der Waals surface area contributed by atoms with Gasteiger partial charge >= 0.3 is 6.18 Å². The van der Waals surface area contributed by atoms with E-state index < -0.39 is 29.0 Å². The molecule has 0 atom stereocenters. The molecule has 3 nitrogen and oxygen atoms in total. The third-order valence-corrected chi connectivity index (χ3v) is 2.92. The third-order valence-electron chi connectivity index (χ3n) is 2.92. The number of alkyl halides is 3. The van der Waals surface area contributed by atoms with Crippen molar-refractivity contribution in [3.8, 4) is 0 Å². The summed E-state index contributed by atoms with van der Waals surface area (Å²) in [7, 11) is 0. The molecule has 0 bridgehead atoms. The topological polar surface area (TPSA) is 49.3 Å². The van der Waals surface area contributed by atoms with E-state index in [2.05, 4.69) is 5.32 Å². The van der Waals surface area contributed by atoms with E-state index in [0.717, 1.165) is 25.0 Å². The van der Waals surface area contributed by atoms with Gasteiger partial charge in [0.05, 0.1) is 11.1 Å². The predicted octanol–water partition coefficient (Wildman–Crippen LogP) is 3.13. The summed E-state index contributed by atoms with van der Waals surface area (Å²) >= 11 is 0. The van der Waals surface area contributed by atoms with Crippen LogP contribution in [-0.4, -0.2) is 24.2 Å². The van der Waals surface area contributed by atoms with E-state index in [4.69, 9.17) is 5.11 Å². The van der Waals surface area contributed by atoms with Crippen LogP contribution in [0.5, 0.6) is 0 Å². The van der Waals surface area contributed by atoms with Crippen LogP contribution in [0.15, 0.2) is 18.2 Å². The quantitative estimate of drug-likeness (QED) is 0.600. The normalized spacial score (nSPS) is 11.5. The SMILES string of the molecule is O=C(NCCCCCCO)c1cccc(C(F)(F)F)c1F. The zero-order valence-corrected chi connectivity index (χ0v) is 11.3. The molecule has 2 N–H and O–H groups in total. The number of nitrogens with one attached hydrogen (secondary N) is 1. The first-order valence-corrected chi connectivity index (χ1v) is 6.62. The van der Waals surface area contributed by atoms with Crippen LogP contribution in [-0.2, 0) is 6.18 Å². The lowest BCUT2D eigenvalue weighted by Crippen LogP contribution is -2.26. The Labute approximate surface area is 120 Å². The highest BCUT2D eigenvalue weighted by Gasteiger charge is 2.35. The Balaban J connectivity index is 2.59. The van der Waals surface area contributed by atoms with Crippen molar-refractivity contribution in [2.24, 2.45) is 0 Å². The van der Waals surface area contributed by atoms with Gasteiger partial charge in [0, 0.05) is 13.2 Å². The fourth-order valence-electron chi connectivity index (χ4n) is 1.81. The highest BCUT2D eigenvalue weighted by molar-refractivity contribution is 5.94. The number of aliphatic hydroxyl groups is 1. The molecule has 7 heteroatoms. The second-order valence-electron chi connectivity index (χ2n) is 4.56. The minimum absolute atomic E-state index is 0.0990. The number of rotatable bonds is 7. The standard InChI is InChI=1S/C14H17F4NO2/c15-12-10(6-5-7-11(12)14(16,17)18)13(21)19-8-3-1-2-4-9-20/h5-7,20H,1-4,8-9H2,(H,19,21). The third kappa shape index (κ3) is 5.34. The van der Waals surface area contributed by atoms with Gasteiger partial charge in [-0.05, 0) is 25.0 Å². The van der Waals surface area contributed by atoms with Crippen molar-refractivity contribution < 1.29 is 27.5 Å². The zero-order valence-electron chi connectivity index (χ0n) is 11.3. The predicted molar refractivity (Wildman–Crippen MR) is 69.3 cm³/mol. The van der Waals surface area contributed by atoms with Crippen LogP contribution in [0.25, 0.3) is 0 Å². The molecule has 0 fully saturated rings.